The molecule has 0 fully saturated rings. The van der Waals surface area contributed by atoms with Gasteiger partial charge in [0.1, 0.15) is 11.6 Å². The molecule has 0 unspecified atom stereocenters. The van der Waals surface area contributed by atoms with E-state index >= 15 is 0 Å². The number of aryl methyl sites for hydroxylation is 1. The van der Waals surface area contributed by atoms with Crippen LogP contribution in [0.2, 0.25) is 0 Å². The van der Waals surface area contributed by atoms with Crippen molar-refractivity contribution >= 4 is 17.3 Å². The third-order valence-corrected chi connectivity index (χ3v) is 3.66. The number of nitrogens with zero attached hydrogens (tertiary/aromatic N) is 1. The van der Waals surface area contributed by atoms with E-state index in [1.165, 1.54) is 6.07 Å². The quantitative estimate of drug-likeness (QED) is 0.792. The maximum Gasteiger partial charge on any atom is 0.262 e. The Morgan fingerprint density at radius 3 is 2.86 bits per heavy atom. The lowest BCUT2D eigenvalue weighted by molar-refractivity contribution is 0.0982. The molecule has 4 nitrogen and oxygen atoms in total. The Balaban J connectivity index is 2.04. The van der Waals surface area contributed by atoms with Gasteiger partial charge in [0.05, 0.1) is 5.56 Å². The van der Waals surface area contributed by atoms with Gasteiger partial charge < -0.3 is 15.7 Å². The molecule has 3 N–H and O–H groups in total. The number of carbonyl (C=O) groups excluding carboxylic acids is 1. The number of anilines is 2. The van der Waals surface area contributed by atoms with Crippen molar-refractivity contribution in [3.05, 3.63) is 53.3 Å². The number of amides is 1. The highest BCUT2D eigenvalue weighted by atomic mass is 19.1. The van der Waals surface area contributed by atoms with Crippen molar-refractivity contribution in [1.29, 1.82) is 0 Å². The number of fused-ring (bicyclic) bond motifs is 1. The minimum absolute atomic E-state index is 0.0368. The summed E-state index contributed by atoms with van der Waals surface area (Å²) in [5.74, 6) is -1.20. The fourth-order valence-corrected chi connectivity index (χ4v) is 2.63. The molecular formula is C16H15FN2O2. The largest absolute Gasteiger partial charge is 0.507 e. The second kappa shape index (κ2) is 5.09. The zero-order valence-corrected chi connectivity index (χ0v) is 11.3. The Hall–Kier alpha value is -2.56. The number of phenolic OH excluding ortho intramolecular Hbond substituents is 1. The third-order valence-electron chi connectivity index (χ3n) is 3.66. The number of nitrogen functional groups attached to an aromatic ring is 1. The van der Waals surface area contributed by atoms with E-state index in [0.717, 1.165) is 36.2 Å². The van der Waals surface area contributed by atoms with Gasteiger partial charge in [-0.25, -0.2) is 4.39 Å². The monoisotopic (exact) mass is 286 g/mol. The molecule has 0 atom stereocenters. The number of aromatic hydroxyl groups is 1. The van der Waals surface area contributed by atoms with Crippen LogP contribution in [0.15, 0.2) is 36.4 Å². The molecule has 1 aliphatic heterocycles. The highest BCUT2D eigenvalue weighted by molar-refractivity contribution is 6.08. The molecule has 2 aromatic carbocycles. The number of halogens is 1. The first-order valence-electron chi connectivity index (χ1n) is 6.75. The molecule has 108 valence electrons. The van der Waals surface area contributed by atoms with Crippen LogP contribution in [0.25, 0.3) is 0 Å². The predicted molar refractivity (Wildman–Crippen MR) is 78.9 cm³/mol. The lowest BCUT2D eigenvalue weighted by atomic mass is 10.00. The van der Waals surface area contributed by atoms with E-state index in [-0.39, 0.29) is 11.3 Å². The number of hydrogen-bond donors (Lipinski definition) is 2. The smallest absolute Gasteiger partial charge is 0.262 e. The minimum Gasteiger partial charge on any atom is -0.507 e. The molecule has 0 bridgehead atoms. The average Bonchev–Trinajstić information content (AvgIpc) is 2.48. The van der Waals surface area contributed by atoms with E-state index in [9.17, 15) is 14.3 Å². The molecule has 0 radical (unpaired) electrons. The molecule has 1 aliphatic rings. The zero-order valence-electron chi connectivity index (χ0n) is 11.3. The number of carbonyl (C=O) groups is 1. The van der Waals surface area contributed by atoms with Gasteiger partial charge in [-0.1, -0.05) is 6.07 Å². The summed E-state index contributed by atoms with van der Waals surface area (Å²) in [6.07, 6.45) is 1.69. The van der Waals surface area contributed by atoms with E-state index in [4.69, 9.17) is 5.73 Å². The van der Waals surface area contributed by atoms with Crippen molar-refractivity contribution < 1.29 is 14.3 Å². The molecular weight excluding hydrogens is 271 g/mol. The van der Waals surface area contributed by atoms with Gasteiger partial charge in [-0.2, -0.15) is 0 Å². The highest BCUT2D eigenvalue weighted by Crippen LogP contribution is 2.31. The first-order chi connectivity index (χ1) is 10.1. The third kappa shape index (κ3) is 2.42. The molecule has 3 rings (SSSR count). The van der Waals surface area contributed by atoms with Crippen molar-refractivity contribution in [2.24, 2.45) is 0 Å². The van der Waals surface area contributed by atoms with Gasteiger partial charge in [-0.05, 0) is 48.7 Å². The SMILES string of the molecule is Nc1ccc2c(c1)N(C(=O)c1cc(F)ccc1O)CCC2. The van der Waals surface area contributed by atoms with Gasteiger partial charge in [-0.3, -0.25) is 4.79 Å². The summed E-state index contributed by atoms with van der Waals surface area (Å²) in [7, 11) is 0. The van der Waals surface area contributed by atoms with Crippen LogP contribution in [0.3, 0.4) is 0 Å². The van der Waals surface area contributed by atoms with Gasteiger partial charge in [0, 0.05) is 17.9 Å². The maximum atomic E-state index is 13.3. The first kappa shape index (κ1) is 13.4. The summed E-state index contributed by atoms with van der Waals surface area (Å²) in [4.78, 5) is 14.2. The number of benzene rings is 2. The van der Waals surface area contributed by atoms with Crippen molar-refractivity contribution in [3.8, 4) is 5.75 Å². The van der Waals surface area contributed by atoms with Crippen LogP contribution in [0.5, 0.6) is 5.75 Å². The van der Waals surface area contributed by atoms with Gasteiger partial charge in [-0.15, -0.1) is 0 Å². The normalized spacial score (nSPS) is 13.9. The second-order valence-corrected chi connectivity index (χ2v) is 5.11. The molecule has 0 aromatic heterocycles. The van der Waals surface area contributed by atoms with E-state index in [1.54, 1.807) is 17.0 Å². The van der Waals surface area contributed by atoms with Crippen LogP contribution in [-0.4, -0.2) is 17.6 Å². The summed E-state index contributed by atoms with van der Waals surface area (Å²) < 4.78 is 13.3. The molecule has 0 spiro atoms. The van der Waals surface area contributed by atoms with Crippen molar-refractivity contribution in [2.45, 2.75) is 12.8 Å². The van der Waals surface area contributed by atoms with Gasteiger partial charge >= 0.3 is 0 Å². The van der Waals surface area contributed by atoms with E-state index in [2.05, 4.69) is 0 Å². The number of phenols is 1. The number of hydrogen-bond acceptors (Lipinski definition) is 3. The fourth-order valence-electron chi connectivity index (χ4n) is 2.63. The summed E-state index contributed by atoms with van der Waals surface area (Å²) >= 11 is 0. The lowest BCUT2D eigenvalue weighted by Crippen LogP contribution is -2.35. The molecule has 2 aromatic rings. The average molecular weight is 286 g/mol. The van der Waals surface area contributed by atoms with Crippen LogP contribution in [0.1, 0.15) is 22.3 Å². The Kier molecular flexibility index (Phi) is 3.25. The Labute approximate surface area is 121 Å². The van der Waals surface area contributed by atoms with E-state index in [1.807, 2.05) is 6.07 Å². The Bertz CT molecular complexity index is 715. The van der Waals surface area contributed by atoms with Crippen LogP contribution < -0.4 is 10.6 Å². The lowest BCUT2D eigenvalue weighted by Gasteiger charge is -2.30. The van der Waals surface area contributed by atoms with Gasteiger partial charge in [0.25, 0.3) is 5.91 Å². The highest BCUT2D eigenvalue weighted by Gasteiger charge is 2.25. The number of nitrogens with two attached hydrogens (primary N) is 1. The zero-order chi connectivity index (χ0) is 15.0. The first-order valence-corrected chi connectivity index (χ1v) is 6.75. The Morgan fingerprint density at radius 1 is 1.24 bits per heavy atom. The summed E-state index contributed by atoms with van der Waals surface area (Å²) in [6, 6.07) is 8.80. The van der Waals surface area contributed by atoms with Crippen molar-refractivity contribution in [1.82, 2.24) is 0 Å². The van der Waals surface area contributed by atoms with Gasteiger partial charge in [0.15, 0.2) is 0 Å². The molecule has 1 heterocycles. The second-order valence-electron chi connectivity index (χ2n) is 5.11. The van der Waals surface area contributed by atoms with E-state index in [0.29, 0.717) is 12.2 Å². The van der Waals surface area contributed by atoms with Gasteiger partial charge in [0.2, 0.25) is 0 Å². The molecule has 21 heavy (non-hydrogen) atoms. The van der Waals surface area contributed by atoms with Crippen LogP contribution >= 0.6 is 0 Å². The maximum absolute atomic E-state index is 13.3. The number of rotatable bonds is 1. The van der Waals surface area contributed by atoms with Crippen LogP contribution in [0, 0.1) is 5.82 Å². The molecule has 0 saturated carbocycles. The van der Waals surface area contributed by atoms with Crippen molar-refractivity contribution in [2.75, 3.05) is 17.2 Å². The topological polar surface area (TPSA) is 66.6 Å². The molecule has 0 aliphatic carbocycles. The summed E-state index contributed by atoms with van der Waals surface area (Å²) in [6.45, 7) is 0.519. The molecule has 0 saturated heterocycles. The molecule has 1 amide bonds. The molecule has 5 heteroatoms. The fraction of sp³-hybridized carbons (Fsp3) is 0.188. The standard InChI is InChI=1S/C16H15FN2O2/c17-11-4-6-15(20)13(8-11)16(21)19-7-1-2-10-3-5-12(18)9-14(10)19/h3-6,8-9,20H,1-2,7,18H2. The summed E-state index contributed by atoms with van der Waals surface area (Å²) in [5, 5.41) is 9.80. The predicted octanol–water partition coefficient (Wildman–Crippen LogP) is 2.71. The van der Waals surface area contributed by atoms with E-state index < -0.39 is 11.7 Å². The minimum atomic E-state index is -0.555. The summed E-state index contributed by atoms with van der Waals surface area (Å²) in [5.41, 5.74) is 8.08. The van der Waals surface area contributed by atoms with Crippen LogP contribution in [-0.2, 0) is 6.42 Å². The van der Waals surface area contributed by atoms with Crippen molar-refractivity contribution in [3.63, 3.8) is 0 Å². The Morgan fingerprint density at radius 2 is 2.05 bits per heavy atom. The van der Waals surface area contributed by atoms with Crippen LogP contribution in [0.4, 0.5) is 15.8 Å².